The number of benzene rings is 1. The maximum Gasteiger partial charge on any atom is 0.243 e. The van der Waals surface area contributed by atoms with Gasteiger partial charge in [0.2, 0.25) is 20.0 Å². The molecule has 1 aromatic rings. The van der Waals surface area contributed by atoms with Crippen molar-refractivity contribution in [2.24, 2.45) is 0 Å². The van der Waals surface area contributed by atoms with E-state index in [0.717, 1.165) is 34.1 Å². The molecule has 6 nitrogen and oxygen atoms in total. The molecule has 0 aromatic heterocycles. The Morgan fingerprint density at radius 1 is 0.625 bits per heavy atom. The molecule has 0 bridgehead atoms. The molecule has 1 saturated heterocycles. The molecule has 1 heterocycles. The SMILES string of the molecule is Cc1c(C)c(C)c(S(=O)(=O)N2CCN(S(C)(=O)=O)CC2)c(C)c1C. The van der Waals surface area contributed by atoms with Crippen molar-refractivity contribution in [1.29, 1.82) is 0 Å². The van der Waals surface area contributed by atoms with Crippen LogP contribution in [0.2, 0.25) is 0 Å². The van der Waals surface area contributed by atoms with Gasteiger partial charge in [-0.15, -0.1) is 0 Å². The summed E-state index contributed by atoms with van der Waals surface area (Å²) >= 11 is 0. The van der Waals surface area contributed by atoms with Crippen LogP contribution in [0.3, 0.4) is 0 Å². The highest BCUT2D eigenvalue weighted by Crippen LogP contribution is 2.32. The molecule has 0 unspecified atom stereocenters. The Morgan fingerprint density at radius 2 is 0.958 bits per heavy atom. The van der Waals surface area contributed by atoms with Gasteiger partial charge in [-0.25, -0.2) is 16.8 Å². The number of nitrogens with zero attached hydrogens (tertiary/aromatic N) is 2. The van der Waals surface area contributed by atoms with Gasteiger partial charge in [0, 0.05) is 26.2 Å². The minimum absolute atomic E-state index is 0.181. The zero-order valence-electron chi connectivity index (χ0n) is 15.2. The van der Waals surface area contributed by atoms with E-state index in [1.165, 1.54) is 8.61 Å². The largest absolute Gasteiger partial charge is 0.243 e. The van der Waals surface area contributed by atoms with Crippen LogP contribution < -0.4 is 0 Å². The fraction of sp³-hybridized carbons (Fsp3) is 0.625. The summed E-state index contributed by atoms with van der Waals surface area (Å²) < 4.78 is 52.3. The second-order valence-electron chi connectivity index (χ2n) is 6.52. The molecule has 2 rings (SSSR count). The van der Waals surface area contributed by atoms with Gasteiger partial charge >= 0.3 is 0 Å². The molecule has 136 valence electrons. The molecular formula is C16H26N2O4S2. The second-order valence-corrected chi connectivity index (χ2v) is 10.4. The number of piperazine rings is 1. The maximum atomic E-state index is 13.2. The van der Waals surface area contributed by atoms with Crippen LogP contribution in [-0.4, -0.2) is 57.9 Å². The van der Waals surface area contributed by atoms with Crippen LogP contribution in [0.15, 0.2) is 4.90 Å². The van der Waals surface area contributed by atoms with E-state index in [1.54, 1.807) is 0 Å². The predicted molar refractivity (Wildman–Crippen MR) is 95.3 cm³/mol. The third kappa shape index (κ3) is 3.24. The third-order valence-electron chi connectivity index (χ3n) is 5.20. The Kier molecular flexibility index (Phi) is 5.17. The molecule has 0 amide bonds. The summed E-state index contributed by atoms with van der Waals surface area (Å²) in [5.41, 5.74) is 4.66. The lowest BCUT2D eigenvalue weighted by Gasteiger charge is -2.33. The van der Waals surface area contributed by atoms with Gasteiger partial charge in [0.1, 0.15) is 0 Å². The molecular weight excluding hydrogens is 348 g/mol. The third-order valence-corrected chi connectivity index (χ3v) is 8.67. The molecule has 0 aliphatic carbocycles. The van der Waals surface area contributed by atoms with Gasteiger partial charge < -0.3 is 0 Å². The smallest absolute Gasteiger partial charge is 0.213 e. The normalized spacial score (nSPS) is 18.1. The summed E-state index contributed by atoms with van der Waals surface area (Å²) in [4.78, 5) is 0.371. The number of hydrogen-bond donors (Lipinski definition) is 0. The molecule has 0 radical (unpaired) electrons. The number of sulfonamides is 2. The van der Waals surface area contributed by atoms with Crippen LogP contribution in [0.4, 0.5) is 0 Å². The first kappa shape index (κ1) is 19.4. The summed E-state index contributed by atoms with van der Waals surface area (Å²) in [5.74, 6) is 0. The molecule has 24 heavy (non-hydrogen) atoms. The maximum absolute atomic E-state index is 13.2. The van der Waals surface area contributed by atoms with Crippen LogP contribution in [0, 0.1) is 34.6 Å². The van der Waals surface area contributed by atoms with Gasteiger partial charge in [-0.1, -0.05) is 0 Å². The first-order valence-corrected chi connectivity index (χ1v) is 11.2. The Morgan fingerprint density at radius 3 is 1.33 bits per heavy atom. The van der Waals surface area contributed by atoms with Crippen molar-refractivity contribution in [2.45, 2.75) is 39.5 Å². The van der Waals surface area contributed by atoms with Gasteiger partial charge in [-0.05, 0) is 62.4 Å². The predicted octanol–water partition coefficient (Wildman–Crippen LogP) is 1.49. The fourth-order valence-electron chi connectivity index (χ4n) is 3.22. The highest BCUT2D eigenvalue weighted by molar-refractivity contribution is 7.89. The molecule has 1 aliphatic heterocycles. The van der Waals surface area contributed by atoms with E-state index in [1.807, 2.05) is 34.6 Å². The zero-order chi connectivity index (χ0) is 18.4. The molecule has 0 saturated carbocycles. The van der Waals surface area contributed by atoms with Gasteiger partial charge in [-0.3, -0.25) is 0 Å². The Balaban J connectivity index is 2.44. The fourth-order valence-corrected chi connectivity index (χ4v) is 6.03. The molecule has 1 aliphatic rings. The summed E-state index contributed by atoms with van der Waals surface area (Å²) in [5, 5.41) is 0. The van der Waals surface area contributed by atoms with Gasteiger partial charge in [0.15, 0.2) is 0 Å². The van der Waals surface area contributed by atoms with Crippen LogP contribution in [0.25, 0.3) is 0 Å². The number of hydrogen-bond acceptors (Lipinski definition) is 4. The van der Waals surface area contributed by atoms with Crippen molar-refractivity contribution in [3.8, 4) is 0 Å². The standard InChI is InChI=1S/C16H26N2O4S2/c1-11-12(2)14(4)16(15(5)13(11)3)24(21,22)18-9-7-17(8-10-18)23(6,19)20/h7-10H2,1-6H3. The summed E-state index contributed by atoms with van der Waals surface area (Å²) in [6, 6.07) is 0. The average Bonchev–Trinajstić information content (AvgIpc) is 2.50. The van der Waals surface area contributed by atoms with Crippen molar-refractivity contribution in [3.05, 3.63) is 27.8 Å². The van der Waals surface area contributed by atoms with Gasteiger partial charge in [-0.2, -0.15) is 8.61 Å². The van der Waals surface area contributed by atoms with Crippen molar-refractivity contribution in [3.63, 3.8) is 0 Å². The molecule has 0 spiro atoms. The van der Waals surface area contributed by atoms with Crippen molar-refractivity contribution in [1.82, 2.24) is 8.61 Å². The summed E-state index contributed by atoms with van der Waals surface area (Å²) in [6.45, 7) is 10.3. The van der Waals surface area contributed by atoms with E-state index in [2.05, 4.69) is 0 Å². The van der Waals surface area contributed by atoms with Gasteiger partial charge in [0.05, 0.1) is 11.2 Å². The van der Waals surface area contributed by atoms with Gasteiger partial charge in [0.25, 0.3) is 0 Å². The van der Waals surface area contributed by atoms with E-state index in [4.69, 9.17) is 0 Å². The Hall–Kier alpha value is -0.960. The van der Waals surface area contributed by atoms with Crippen LogP contribution in [0.5, 0.6) is 0 Å². The van der Waals surface area contributed by atoms with Crippen molar-refractivity contribution < 1.29 is 16.8 Å². The molecule has 1 aromatic carbocycles. The van der Waals surface area contributed by atoms with Crippen LogP contribution >= 0.6 is 0 Å². The second kappa shape index (κ2) is 6.40. The topological polar surface area (TPSA) is 74.8 Å². The van der Waals surface area contributed by atoms with Crippen LogP contribution in [-0.2, 0) is 20.0 Å². The van der Waals surface area contributed by atoms with E-state index < -0.39 is 20.0 Å². The molecule has 0 N–H and O–H groups in total. The van der Waals surface area contributed by atoms with E-state index in [9.17, 15) is 16.8 Å². The molecule has 1 fully saturated rings. The van der Waals surface area contributed by atoms with E-state index in [-0.39, 0.29) is 26.2 Å². The lowest BCUT2D eigenvalue weighted by atomic mass is 9.95. The quantitative estimate of drug-likeness (QED) is 0.803. The highest BCUT2D eigenvalue weighted by Gasteiger charge is 2.34. The minimum Gasteiger partial charge on any atom is -0.213 e. The molecule has 8 heteroatoms. The van der Waals surface area contributed by atoms with Crippen molar-refractivity contribution in [2.75, 3.05) is 32.4 Å². The highest BCUT2D eigenvalue weighted by atomic mass is 32.2. The summed E-state index contributed by atoms with van der Waals surface area (Å²) in [7, 11) is -6.93. The first-order chi connectivity index (χ1) is 10.9. The summed E-state index contributed by atoms with van der Waals surface area (Å²) in [6.07, 6.45) is 1.15. The first-order valence-electron chi connectivity index (χ1n) is 7.91. The minimum atomic E-state index is -3.64. The van der Waals surface area contributed by atoms with Crippen molar-refractivity contribution >= 4 is 20.0 Å². The number of rotatable bonds is 3. The van der Waals surface area contributed by atoms with E-state index >= 15 is 0 Å². The Bertz CT molecular complexity index is 837. The van der Waals surface area contributed by atoms with Crippen LogP contribution in [0.1, 0.15) is 27.8 Å². The lowest BCUT2D eigenvalue weighted by Crippen LogP contribution is -2.50. The monoisotopic (exact) mass is 374 g/mol. The Labute approximate surface area is 145 Å². The van der Waals surface area contributed by atoms with E-state index in [0.29, 0.717) is 4.90 Å². The molecule has 0 atom stereocenters. The average molecular weight is 375 g/mol. The zero-order valence-corrected chi connectivity index (χ0v) is 16.8. The lowest BCUT2D eigenvalue weighted by molar-refractivity contribution is 0.274.